The van der Waals surface area contributed by atoms with E-state index in [4.69, 9.17) is 4.74 Å². The van der Waals surface area contributed by atoms with Gasteiger partial charge in [0.2, 0.25) is 5.91 Å². The third-order valence-corrected chi connectivity index (χ3v) is 4.47. The van der Waals surface area contributed by atoms with Crippen LogP contribution in [0, 0.1) is 0 Å². The van der Waals surface area contributed by atoms with Crippen LogP contribution in [0.1, 0.15) is 30.1 Å². The smallest absolute Gasteiger partial charge is 0.258 e. The van der Waals surface area contributed by atoms with Crippen molar-refractivity contribution in [1.82, 2.24) is 5.32 Å². The molecule has 1 saturated heterocycles. The number of rotatable bonds is 6. The van der Waals surface area contributed by atoms with Gasteiger partial charge in [0.1, 0.15) is 11.8 Å². The minimum atomic E-state index is -0.546. The zero-order valence-corrected chi connectivity index (χ0v) is 15.2. The summed E-state index contributed by atoms with van der Waals surface area (Å²) in [7, 11) is 0. The van der Waals surface area contributed by atoms with Crippen molar-refractivity contribution < 1.29 is 19.1 Å². The standard InChI is InChI=1S/C21H22N2O4/c1-15(24)16-9-11-18(12-10-16)27-14-20(25)22-19-8-5-13-23(21(19)26)17-6-3-2-4-7-17/h2-4,6-7,9-12,19H,5,8,13-14H2,1H3,(H,22,25). The van der Waals surface area contributed by atoms with Crippen molar-refractivity contribution >= 4 is 23.3 Å². The second-order valence-corrected chi connectivity index (χ2v) is 6.46. The third kappa shape index (κ3) is 4.73. The molecular formula is C21H22N2O4. The molecule has 0 spiro atoms. The van der Waals surface area contributed by atoms with E-state index in [2.05, 4.69) is 5.32 Å². The number of carbonyl (C=O) groups is 3. The summed E-state index contributed by atoms with van der Waals surface area (Å²) >= 11 is 0. The predicted molar refractivity (Wildman–Crippen MR) is 102 cm³/mol. The molecule has 1 aliphatic heterocycles. The van der Waals surface area contributed by atoms with E-state index in [1.807, 2.05) is 30.3 Å². The van der Waals surface area contributed by atoms with Crippen molar-refractivity contribution in [1.29, 1.82) is 0 Å². The first-order valence-electron chi connectivity index (χ1n) is 8.94. The summed E-state index contributed by atoms with van der Waals surface area (Å²) < 4.78 is 5.44. The average molecular weight is 366 g/mol. The van der Waals surface area contributed by atoms with E-state index in [0.717, 1.165) is 12.1 Å². The lowest BCUT2D eigenvalue weighted by atomic mass is 10.0. The van der Waals surface area contributed by atoms with E-state index in [9.17, 15) is 14.4 Å². The van der Waals surface area contributed by atoms with E-state index in [0.29, 0.717) is 24.3 Å². The van der Waals surface area contributed by atoms with Crippen LogP contribution in [0.2, 0.25) is 0 Å². The van der Waals surface area contributed by atoms with Crippen molar-refractivity contribution in [2.24, 2.45) is 0 Å². The van der Waals surface area contributed by atoms with E-state index in [1.165, 1.54) is 6.92 Å². The summed E-state index contributed by atoms with van der Waals surface area (Å²) in [6.45, 7) is 1.95. The Morgan fingerprint density at radius 2 is 1.81 bits per heavy atom. The summed E-state index contributed by atoms with van der Waals surface area (Å²) in [5.74, 6) is 0.0135. The van der Waals surface area contributed by atoms with Crippen LogP contribution in [0.15, 0.2) is 54.6 Å². The van der Waals surface area contributed by atoms with Crippen LogP contribution in [-0.4, -0.2) is 36.8 Å². The Morgan fingerprint density at radius 1 is 1.11 bits per heavy atom. The molecule has 140 valence electrons. The lowest BCUT2D eigenvalue weighted by molar-refractivity contribution is -0.129. The number of para-hydroxylation sites is 1. The zero-order chi connectivity index (χ0) is 19.2. The largest absolute Gasteiger partial charge is 0.484 e. The van der Waals surface area contributed by atoms with Crippen LogP contribution >= 0.6 is 0 Å². The monoisotopic (exact) mass is 366 g/mol. The van der Waals surface area contributed by atoms with Gasteiger partial charge in [-0.25, -0.2) is 0 Å². The second-order valence-electron chi connectivity index (χ2n) is 6.46. The molecule has 1 N–H and O–H groups in total. The van der Waals surface area contributed by atoms with Crippen molar-refractivity contribution in [3.8, 4) is 5.75 Å². The average Bonchev–Trinajstić information content (AvgIpc) is 2.69. The van der Waals surface area contributed by atoms with Gasteiger partial charge in [0.05, 0.1) is 0 Å². The maximum absolute atomic E-state index is 12.7. The van der Waals surface area contributed by atoms with E-state index in [-0.39, 0.29) is 24.2 Å². The number of carbonyl (C=O) groups excluding carboxylic acids is 3. The molecule has 0 aromatic heterocycles. The highest BCUT2D eigenvalue weighted by atomic mass is 16.5. The zero-order valence-electron chi connectivity index (χ0n) is 15.2. The molecule has 0 aliphatic carbocycles. The fourth-order valence-electron chi connectivity index (χ4n) is 3.04. The minimum Gasteiger partial charge on any atom is -0.484 e. The first kappa shape index (κ1) is 18.6. The molecule has 1 unspecified atom stereocenters. The molecule has 6 heteroatoms. The minimum absolute atomic E-state index is 0.0296. The van der Waals surface area contributed by atoms with Gasteiger partial charge in [-0.3, -0.25) is 14.4 Å². The molecule has 0 bridgehead atoms. The molecule has 6 nitrogen and oxygen atoms in total. The molecular weight excluding hydrogens is 344 g/mol. The van der Waals surface area contributed by atoms with Gasteiger partial charge < -0.3 is 15.0 Å². The fourth-order valence-corrected chi connectivity index (χ4v) is 3.04. The SMILES string of the molecule is CC(=O)c1ccc(OCC(=O)NC2CCCN(c3ccccc3)C2=O)cc1. The lowest BCUT2D eigenvalue weighted by Gasteiger charge is -2.32. The molecule has 2 aromatic carbocycles. The summed E-state index contributed by atoms with van der Waals surface area (Å²) in [6.07, 6.45) is 1.43. The Hall–Kier alpha value is -3.15. The number of hydrogen-bond acceptors (Lipinski definition) is 4. The summed E-state index contributed by atoms with van der Waals surface area (Å²) in [6, 6.07) is 15.5. The first-order valence-corrected chi connectivity index (χ1v) is 8.94. The van der Waals surface area contributed by atoms with Crippen molar-refractivity contribution in [3.05, 3.63) is 60.2 Å². The summed E-state index contributed by atoms with van der Waals surface area (Å²) in [4.78, 5) is 37.8. The van der Waals surface area contributed by atoms with Crippen molar-refractivity contribution in [2.75, 3.05) is 18.1 Å². The number of ether oxygens (including phenoxy) is 1. The number of piperidine rings is 1. The third-order valence-electron chi connectivity index (χ3n) is 4.47. The number of benzene rings is 2. The van der Waals surface area contributed by atoms with Crippen molar-refractivity contribution in [2.45, 2.75) is 25.8 Å². The highest BCUT2D eigenvalue weighted by molar-refractivity contribution is 6.00. The number of ketones is 1. The molecule has 3 rings (SSSR count). The number of anilines is 1. The van der Waals surface area contributed by atoms with Crippen LogP contribution in [0.5, 0.6) is 5.75 Å². The van der Waals surface area contributed by atoms with Gasteiger partial charge in [0.15, 0.2) is 12.4 Å². The highest BCUT2D eigenvalue weighted by Crippen LogP contribution is 2.20. The Kier molecular flexibility index (Phi) is 5.86. The van der Waals surface area contributed by atoms with Gasteiger partial charge in [-0.1, -0.05) is 18.2 Å². The summed E-state index contributed by atoms with van der Waals surface area (Å²) in [5, 5.41) is 2.76. The molecule has 0 radical (unpaired) electrons. The Balaban J connectivity index is 1.54. The van der Waals surface area contributed by atoms with Crippen LogP contribution < -0.4 is 15.0 Å². The van der Waals surface area contributed by atoms with E-state index in [1.54, 1.807) is 29.2 Å². The fraction of sp³-hybridized carbons (Fsp3) is 0.286. The Labute approximate surface area is 158 Å². The Bertz CT molecular complexity index is 818. The van der Waals surface area contributed by atoms with Gasteiger partial charge >= 0.3 is 0 Å². The van der Waals surface area contributed by atoms with Crippen LogP contribution in [-0.2, 0) is 9.59 Å². The highest BCUT2D eigenvalue weighted by Gasteiger charge is 2.30. The molecule has 2 amide bonds. The first-order chi connectivity index (χ1) is 13.0. The predicted octanol–water partition coefficient (Wildman–Crippen LogP) is 2.58. The number of nitrogens with one attached hydrogen (secondary N) is 1. The van der Waals surface area contributed by atoms with Gasteiger partial charge in [0.25, 0.3) is 5.91 Å². The quantitative estimate of drug-likeness (QED) is 0.798. The van der Waals surface area contributed by atoms with Gasteiger partial charge in [-0.2, -0.15) is 0 Å². The second kappa shape index (κ2) is 8.49. The van der Waals surface area contributed by atoms with Gasteiger partial charge in [-0.05, 0) is 56.2 Å². The molecule has 27 heavy (non-hydrogen) atoms. The molecule has 1 heterocycles. The maximum atomic E-state index is 12.7. The van der Waals surface area contributed by atoms with Crippen LogP contribution in [0.25, 0.3) is 0 Å². The lowest BCUT2D eigenvalue weighted by Crippen LogP contribution is -2.53. The molecule has 0 saturated carbocycles. The van der Waals surface area contributed by atoms with Crippen molar-refractivity contribution in [3.63, 3.8) is 0 Å². The number of amides is 2. The number of hydrogen-bond donors (Lipinski definition) is 1. The normalized spacial score (nSPS) is 16.7. The molecule has 1 atom stereocenters. The Morgan fingerprint density at radius 3 is 2.48 bits per heavy atom. The van der Waals surface area contributed by atoms with Gasteiger partial charge in [-0.15, -0.1) is 0 Å². The molecule has 1 aliphatic rings. The number of nitrogens with zero attached hydrogens (tertiary/aromatic N) is 1. The number of Topliss-reactive ketones (excluding diaryl/α,β-unsaturated/α-hetero) is 1. The topological polar surface area (TPSA) is 75.7 Å². The molecule has 2 aromatic rings. The molecule has 1 fully saturated rings. The van der Waals surface area contributed by atoms with E-state index >= 15 is 0 Å². The van der Waals surface area contributed by atoms with Gasteiger partial charge in [0, 0.05) is 17.8 Å². The van der Waals surface area contributed by atoms with Crippen LogP contribution in [0.4, 0.5) is 5.69 Å². The van der Waals surface area contributed by atoms with E-state index < -0.39 is 6.04 Å². The summed E-state index contributed by atoms with van der Waals surface area (Å²) in [5.41, 5.74) is 1.42. The van der Waals surface area contributed by atoms with Crippen LogP contribution in [0.3, 0.4) is 0 Å². The maximum Gasteiger partial charge on any atom is 0.258 e.